The summed E-state index contributed by atoms with van der Waals surface area (Å²) in [5.74, 6) is -0.839. The van der Waals surface area contributed by atoms with Crippen molar-refractivity contribution in [3.05, 3.63) is 0 Å². The Hall–Kier alpha value is -1.59. The molecule has 2 rings (SSSR count). The average Bonchev–Trinajstić information content (AvgIpc) is 2.93. The smallest absolute Gasteiger partial charge is 0.312 e. The highest BCUT2D eigenvalue weighted by atomic mass is 16.2. The number of amides is 3. The van der Waals surface area contributed by atoms with Crippen LogP contribution in [0.5, 0.6) is 0 Å². The molecule has 1 N–H and O–H groups in total. The molecular weight excluding hydrogens is 282 g/mol. The molecule has 0 radical (unpaired) electrons. The van der Waals surface area contributed by atoms with Crippen molar-refractivity contribution >= 4 is 17.7 Å². The molecule has 0 atom stereocenters. The summed E-state index contributed by atoms with van der Waals surface area (Å²) >= 11 is 0. The van der Waals surface area contributed by atoms with Crippen LogP contribution in [0.15, 0.2) is 0 Å². The van der Waals surface area contributed by atoms with E-state index in [1.807, 2.05) is 18.7 Å². The molecule has 1 aliphatic carbocycles. The summed E-state index contributed by atoms with van der Waals surface area (Å²) in [7, 11) is 0. The summed E-state index contributed by atoms with van der Waals surface area (Å²) in [5, 5.41) is 2.61. The average molecular weight is 309 g/mol. The number of rotatable bonds is 2. The summed E-state index contributed by atoms with van der Waals surface area (Å²) in [6.45, 7) is 7.62. The number of hydrogen-bond acceptors (Lipinski definition) is 3. The minimum Gasteiger partial charge on any atom is -0.346 e. The fraction of sp³-hybridized carbons (Fsp3) is 0.812. The van der Waals surface area contributed by atoms with Gasteiger partial charge in [-0.1, -0.05) is 19.8 Å². The van der Waals surface area contributed by atoms with Crippen LogP contribution in [0, 0.1) is 5.41 Å². The van der Waals surface area contributed by atoms with Gasteiger partial charge in [-0.25, -0.2) is 0 Å². The van der Waals surface area contributed by atoms with Gasteiger partial charge in [-0.2, -0.15) is 0 Å². The lowest BCUT2D eigenvalue weighted by molar-refractivity contribution is -0.150. The molecule has 22 heavy (non-hydrogen) atoms. The van der Waals surface area contributed by atoms with Crippen molar-refractivity contribution in [3.63, 3.8) is 0 Å². The first-order valence-electron chi connectivity index (χ1n) is 8.22. The van der Waals surface area contributed by atoms with E-state index in [0.717, 1.165) is 25.7 Å². The van der Waals surface area contributed by atoms with Crippen molar-refractivity contribution in [3.8, 4) is 0 Å². The summed E-state index contributed by atoms with van der Waals surface area (Å²) in [5.41, 5.74) is -0.221. The third-order valence-corrected chi connectivity index (χ3v) is 4.69. The molecule has 6 nitrogen and oxygen atoms in total. The molecule has 0 unspecified atom stereocenters. The van der Waals surface area contributed by atoms with Crippen LogP contribution in [0.25, 0.3) is 0 Å². The Balaban J connectivity index is 1.86. The van der Waals surface area contributed by atoms with Gasteiger partial charge in [-0.3, -0.25) is 14.4 Å². The quantitative estimate of drug-likeness (QED) is 0.766. The second-order valence-corrected chi connectivity index (χ2v) is 6.98. The molecule has 6 heteroatoms. The fourth-order valence-electron chi connectivity index (χ4n) is 3.33. The molecule has 2 fully saturated rings. The van der Waals surface area contributed by atoms with Crippen LogP contribution in [-0.2, 0) is 14.4 Å². The largest absolute Gasteiger partial charge is 0.346 e. The van der Waals surface area contributed by atoms with Gasteiger partial charge in [0.2, 0.25) is 5.91 Å². The molecule has 1 saturated heterocycles. The summed E-state index contributed by atoms with van der Waals surface area (Å²) in [4.78, 5) is 39.8. The number of piperazine rings is 1. The lowest BCUT2D eigenvalue weighted by Gasteiger charge is -2.38. The summed E-state index contributed by atoms with van der Waals surface area (Å²) in [6.07, 6.45) is 4.16. The second kappa shape index (κ2) is 6.67. The van der Waals surface area contributed by atoms with Gasteiger partial charge in [0, 0.05) is 37.6 Å². The zero-order valence-electron chi connectivity index (χ0n) is 13.9. The van der Waals surface area contributed by atoms with Gasteiger partial charge < -0.3 is 15.1 Å². The van der Waals surface area contributed by atoms with Gasteiger partial charge in [0.1, 0.15) is 0 Å². The van der Waals surface area contributed by atoms with Crippen molar-refractivity contribution < 1.29 is 14.4 Å². The predicted molar refractivity (Wildman–Crippen MR) is 83.0 cm³/mol. The van der Waals surface area contributed by atoms with Crippen LogP contribution >= 0.6 is 0 Å². The lowest BCUT2D eigenvalue weighted by Crippen LogP contribution is -2.56. The highest BCUT2D eigenvalue weighted by Crippen LogP contribution is 2.39. The summed E-state index contributed by atoms with van der Waals surface area (Å²) in [6, 6.07) is -0.0540. The molecule has 0 bridgehead atoms. The summed E-state index contributed by atoms with van der Waals surface area (Å²) < 4.78 is 0. The lowest BCUT2D eigenvalue weighted by atomic mass is 9.87. The van der Waals surface area contributed by atoms with Crippen molar-refractivity contribution in [1.82, 2.24) is 15.1 Å². The molecule has 0 aromatic heterocycles. The van der Waals surface area contributed by atoms with Crippen LogP contribution < -0.4 is 5.32 Å². The topological polar surface area (TPSA) is 69.7 Å². The van der Waals surface area contributed by atoms with Crippen LogP contribution in [-0.4, -0.2) is 59.7 Å². The van der Waals surface area contributed by atoms with Gasteiger partial charge in [0.05, 0.1) is 0 Å². The van der Waals surface area contributed by atoms with Crippen LogP contribution in [0.1, 0.15) is 46.5 Å². The van der Waals surface area contributed by atoms with Crippen molar-refractivity contribution in [2.24, 2.45) is 5.41 Å². The number of nitrogens with one attached hydrogen (secondary N) is 1. The van der Waals surface area contributed by atoms with Crippen molar-refractivity contribution in [1.29, 1.82) is 0 Å². The van der Waals surface area contributed by atoms with E-state index in [2.05, 4.69) is 12.2 Å². The molecule has 0 aromatic rings. The third kappa shape index (κ3) is 3.59. The Morgan fingerprint density at radius 2 is 1.45 bits per heavy atom. The van der Waals surface area contributed by atoms with E-state index < -0.39 is 11.8 Å². The van der Waals surface area contributed by atoms with Gasteiger partial charge in [0.25, 0.3) is 0 Å². The minimum absolute atomic E-state index is 0.0540. The third-order valence-electron chi connectivity index (χ3n) is 4.69. The maximum absolute atomic E-state index is 12.6. The zero-order valence-corrected chi connectivity index (χ0v) is 13.9. The van der Waals surface area contributed by atoms with E-state index in [0.29, 0.717) is 26.2 Å². The molecule has 0 spiro atoms. The highest BCUT2D eigenvalue weighted by molar-refractivity contribution is 6.35. The number of carbonyl (C=O) groups is 3. The standard InChI is InChI=1S/C16H27N3O3/c1-12(2)17-13(20)14(21)18-8-10-19(11-9-18)15(22)16(3)6-4-5-7-16/h12H,4-11H2,1-3H3,(H,17,20). The second-order valence-electron chi connectivity index (χ2n) is 6.98. The van der Waals surface area contributed by atoms with E-state index in [1.54, 1.807) is 4.90 Å². The SMILES string of the molecule is CC(C)NC(=O)C(=O)N1CCN(C(=O)C2(C)CCCC2)CC1. The van der Waals surface area contributed by atoms with E-state index in [4.69, 9.17) is 0 Å². The minimum atomic E-state index is -0.558. The number of hydrogen-bond donors (Lipinski definition) is 1. The molecule has 124 valence electrons. The Morgan fingerprint density at radius 1 is 0.955 bits per heavy atom. The molecule has 0 aromatic carbocycles. The monoisotopic (exact) mass is 309 g/mol. The zero-order chi connectivity index (χ0) is 16.3. The Morgan fingerprint density at radius 3 is 1.95 bits per heavy atom. The maximum atomic E-state index is 12.6. The van der Waals surface area contributed by atoms with Gasteiger partial charge >= 0.3 is 11.8 Å². The molecule has 1 saturated carbocycles. The van der Waals surface area contributed by atoms with Crippen molar-refractivity contribution in [2.75, 3.05) is 26.2 Å². The number of carbonyl (C=O) groups excluding carboxylic acids is 3. The molecule has 1 aliphatic heterocycles. The first-order chi connectivity index (χ1) is 10.3. The van der Waals surface area contributed by atoms with Gasteiger partial charge in [0.15, 0.2) is 0 Å². The van der Waals surface area contributed by atoms with Crippen LogP contribution in [0.4, 0.5) is 0 Å². The first kappa shape index (κ1) is 16.8. The molecule has 3 amide bonds. The molecule has 2 aliphatic rings. The van der Waals surface area contributed by atoms with Crippen LogP contribution in [0.2, 0.25) is 0 Å². The van der Waals surface area contributed by atoms with Crippen LogP contribution in [0.3, 0.4) is 0 Å². The van der Waals surface area contributed by atoms with Gasteiger partial charge in [-0.05, 0) is 26.7 Å². The Labute approximate surface area is 132 Å². The molecule has 1 heterocycles. The van der Waals surface area contributed by atoms with Crippen molar-refractivity contribution in [2.45, 2.75) is 52.5 Å². The van der Waals surface area contributed by atoms with Gasteiger partial charge in [-0.15, -0.1) is 0 Å². The highest BCUT2D eigenvalue weighted by Gasteiger charge is 2.40. The predicted octanol–water partition coefficient (Wildman–Crippen LogP) is 0.762. The Kier molecular flexibility index (Phi) is 5.08. The first-order valence-corrected chi connectivity index (χ1v) is 8.22. The van der Waals surface area contributed by atoms with E-state index in [-0.39, 0.29) is 17.4 Å². The molecular formula is C16H27N3O3. The van der Waals surface area contributed by atoms with E-state index in [9.17, 15) is 14.4 Å². The normalized spacial score (nSPS) is 21.1. The maximum Gasteiger partial charge on any atom is 0.312 e. The van der Waals surface area contributed by atoms with E-state index in [1.165, 1.54) is 0 Å². The Bertz CT molecular complexity index is 448. The fourth-order valence-corrected chi connectivity index (χ4v) is 3.33. The number of nitrogens with zero attached hydrogens (tertiary/aromatic N) is 2. The van der Waals surface area contributed by atoms with E-state index >= 15 is 0 Å².